The van der Waals surface area contributed by atoms with Crippen LogP contribution >= 0.6 is 27.3 Å². The summed E-state index contributed by atoms with van der Waals surface area (Å²) in [6.45, 7) is 0.444. The van der Waals surface area contributed by atoms with Crippen molar-refractivity contribution in [2.75, 3.05) is 0 Å². The van der Waals surface area contributed by atoms with Crippen molar-refractivity contribution in [1.29, 1.82) is 0 Å². The molecule has 0 amide bonds. The first-order valence-corrected chi connectivity index (χ1v) is 4.21. The van der Waals surface area contributed by atoms with Crippen molar-refractivity contribution < 1.29 is 4.79 Å². The van der Waals surface area contributed by atoms with Gasteiger partial charge in [0.2, 0.25) is 6.08 Å². The summed E-state index contributed by atoms with van der Waals surface area (Å²) in [5.41, 5.74) is 0. The van der Waals surface area contributed by atoms with Crippen molar-refractivity contribution in [3.05, 3.63) is 20.8 Å². The Morgan fingerprint density at radius 2 is 2.50 bits per heavy atom. The SMILES string of the molecule is O=C=NCc1ccc(Br)s1. The van der Waals surface area contributed by atoms with Crippen LogP contribution in [0.2, 0.25) is 0 Å². The molecule has 0 saturated heterocycles. The summed E-state index contributed by atoms with van der Waals surface area (Å²) in [6, 6.07) is 3.86. The Hall–Kier alpha value is -0.440. The van der Waals surface area contributed by atoms with E-state index in [-0.39, 0.29) is 0 Å². The highest BCUT2D eigenvalue weighted by atomic mass is 79.9. The van der Waals surface area contributed by atoms with Crippen LogP contribution in [0.15, 0.2) is 20.9 Å². The summed E-state index contributed by atoms with van der Waals surface area (Å²) < 4.78 is 1.06. The Morgan fingerprint density at radius 1 is 1.70 bits per heavy atom. The zero-order valence-corrected chi connectivity index (χ0v) is 7.41. The Bertz CT molecular complexity index is 264. The van der Waals surface area contributed by atoms with Gasteiger partial charge in [0.15, 0.2) is 0 Å². The van der Waals surface area contributed by atoms with Crippen LogP contribution < -0.4 is 0 Å². The van der Waals surface area contributed by atoms with Gasteiger partial charge in [0, 0.05) is 4.88 Å². The van der Waals surface area contributed by atoms with Gasteiger partial charge in [0.05, 0.1) is 10.3 Å². The Kier molecular flexibility index (Phi) is 2.81. The first-order valence-electron chi connectivity index (χ1n) is 2.61. The predicted molar refractivity (Wildman–Crippen MR) is 43.8 cm³/mol. The second-order valence-corrected chi connectivity index (χ2v) is 4.16. The fourth-order valence-electron chi connectivity index (χ4n) is 0.547. The van der Waals surface area contributed by atoms with E-state index in [9.17, 15) is 4.79 Å². The average Bonchev–Trinajstić information content (AvgIpc) is 2.31. The van der Waals surface area contributed by atoms with Crippen molar-refractivity contribution in [1.82, 2.24) is 0 Å². The Balaban J connectivity index is 2.66. The van der Waals surface area contributed by atoms with E-state index in [4.69, 9.17) is 0 Å². The molecule has 0 unspecified atom stereocenters. The molecular formula is C6H4BrNOS. The number of isocyanates is 1. The van der Waals surface area contributed by atoms with E-state index < -0.39 is 0 Å². The van der Waals surface area contributed by atoms with Gasteiger partial charge in [0.25, 0.3) is 0 Å². The lowest BCUT2D eigenvalue weighted by molar-refractivity contribution is 0.563. The molecule has 0 bridgehead atoms. The molecule has 0 fully saturated rings. The lowest BCUT2D eigenvalue weighted by Crippen LogP contribution is -1.69. The van der Waals surface area contributed by atoms with Crippen LogP contribution in [-0.4, -0.2) is 6.08 Å². The fraction of sp³-hybridized carbons (Fsp3) is 0.167. The third-order valence-electron chi connectivity index (χ3n) is 0.928. The largest absolute Gasteiger partial charge is 0.235 e. The zero-order chi connectivity index (χ0) is 7.40. The molecule has 2 nitrogen and oxygen atoms in total. The third kappa shape index (κ3) is 2.06. The molecule has 1 heterocycles. The molecule has 0 aromatic carbocycles. The van der Waals surface area contributed by atoms with E-state index in [1.54, 1.807) is 11.3 Å². The maximum atomic E-state index is 9.69. The molecule has 52 valence electrons. The van der Waals surface area contributed by atoms with Crippen LogP contribution in [-0.2, 0) is 11.3 Å². The average molecular weight is 218 g/mol. The summed E-state index contributed by atoms with van der Waals surface area (Å²) in [5.74, 6) is 0. The Labute approximate surface area is 70.7 Å². The van der Waals surface area contributed by atoms with E-state index in [0.717, 1.165) is 8.66 Å². The standard InChI is InChI=1S/C6H4BrNOS/c7-6-2-1-5(10-6)3-8-4-9/h1-2H,3H2. The monoisotopic (exact) mass is 217 g/mol. The maximum Gasteiger partial charge on any atom is 0.235 e. The highest BCUT2D eigenvalue weighted by Gasteiger charge is 1.93. The van der Waals surface area contributed by atoms with Gasteiger partial charge in [-0.05, 0) is 28.1 Å². The second kappa shape index (κ2) is 3.66. The van der Waals surface area contributed by atoms with Crippen molar-refractivity contribution in [2.45, 2.75) is 6.54 Å². The van der Waals surface area contributed by atoms with Gasteiger partial charge in [-0.25, -0.2) is 9.79 Å². The van der Waals surface area contributed by atoms with E-state index >= 15 is 0 Å². The molecule has 0 N–H and O–H groups in total. The van der Waals surface area contributed by atoms with Gasteiger partial charge >= 0.3 is 0 Å². The highest BCUT2D eigenvalue weighted by molar-refractivity contribution is 9.11. The molecule has 1 aromatic rings. The van der Waals surface area contributed by atoms with E-state index in [1.807, 2.05) is 12.1 Å². The first kappa shape index (κ1) is 7.66. The number of nitrogens with zero attached hydrogens (tertiary/aromatic N) is 1. The summed E-state index contributed by atoms with van der Waals surface area (Å²) in [7, 11) is 0. The molecule has 10 heavy (non-hydrogen) atoms. The van der Waals surface area contributed by atoms with E-state index in [1.165, 1.54) is 6.08 Å². The minimum Gasteiger partial charge on any atom is -0.211 e. The number of hydrogen-bond acceptors (Lipinski definition) is 3. The van der Waals surface area contributed by atoms with Crippen LogP contribution in [0.25, 0.3) is 0 Å². The second-order valence-electron chi connectivity index (χ2n) is 1.61. The van der Waals surface area contributed by atoms with Gasteiger partial charge in [-0.15, -0.1) is 11.3 Å². The lowest BCUT2D eigenvalue weighted by atomic mass is 10.5. The molecule has 0 radical (unpaired) electrons. The molecule has 1 rings (SSSR count). The van der Waals surface area contributed by atoms with Gasteiger partial charge in [-0.3, -0.25) is 0 Å². The fourth-order valence-corrected chi connectivity index (χ4v) is 1.95. The molecule has 0 aliphatic heterocycles. The normalized spacial score (nSPS) is 8.90. The van der Waals surface area contributed by atoms with Gasteiger partial charge in [0.1, 0.15) is 0 Å². The summed E-state index contributed by atoms with van der Waals surface area (Å²) in [4.78, 5) is 14.2. The molecule has 0 spiro atoms. The van der Waals surface area contributed by atoms with Gasteiger partial charge < -0.3 is 0 Å². The van der Waals surface area contributed by atoms with Crippen molar-refractivity contribution >= 4 is 33.3 Å². The molecule has 0 aliphatic rings. The molecule has 4 heteroatoms. The van der Waals surface area contributed by atoms with Crippen LogP contribution in [0.1, 0.15) is 4.88 Å². The number of rotatable bonds is 2. The van der Waals surface area contributed by atoms with Crippen molar-refractivity contribution in [3.63, 3.8) is 0 Å². The minimum absolute atomic E-state index is 0.444. The molecule has 0 atom stereocenters. The van der Waals surface area contributed by atoms with Crippen molar-refractivity contribution in [3.8, 4) is 0 Å². The topological polar surface area (TPSA) is 29.4 Å². The number of hydrogen-bond donors (Lipinski definition) is 0. The van der Waals surface area contributed by atoms with E-state index in [2.05, 4.69) is 20.9 Å². The number of aliphatic imine (C=N–C) groups is 1. The summed E-state index contributed by atoms with van der Waals surface area (Å²) in [6.07, 6.45) is 1.49. The third-order valence-corrected chi connectivity index (χ3v) is 2.54. The van der Waals surface area contributed by atoms with Gasteiger partial charge in [-0.1, -0.05) is 0 Å². The minimum atomic E-state index is 0.444. The van der Waals surface area contributed by atoms with Crippen LogP contribution in [0, 0.1) is 0 Å². The number of halogens is 1. The number of thiophene rings is 1. The number of carbonyl (C=O) groups excluding carboxylic acids is 1. The molecular weight excluding hydrogens is 214 g/mol. The summed E-state index contributed by atoms with van der Waals surface area (Å²) >= 11 is 4.87. The van der Waals surface area contributed by atoms with Crippen LogP contribution in [0.4, 0.5) is 0 Å². The molecule has 0 saturated carbocycles. The Morgan fingerprint density at radius 3 is 3.00 bits per heavy atom. The highest BCUT2D eigenvalue weighted by Crippen LogP contribution is 2.22. The van der Waals surface area contributed by atoms with Crippen LogP contribution in [0.3, 0.4) is 0 Å². The predicted octanol–water partition coefficient (Wildman–Crippen LogP) is 2.35. The molecule has 0 aliphatic carbocycles. The quantitative estimate of drug-likeness (QED) is 0.553. The van der Waals surface area contributed by atoms with Gasteiger partial charge in [-0.2, -0.15) is 0 Å². The summed E-state index contributed by atoms with van der Waals surface area (Å²) in [5, 5.41) is 0. The lowest BCUT2D eigenvalue weighted by Gasteiger charge is -1.81. The maximum absolute atomic E-state index is 9.69. The van der Waals surface area contributed by atoms with Crippen LogP contribution in [0.5, 0.6) is 0 Å². The zero-order valence-electron chi connectivity index (χ0n) is 5.00. The first-order chi connectivity index (χ1) is 4.83. The van der Waals surface area contributed by atoms with Crippen molar-refractivity contribution in [2.24, 2.45) is 4.99 Å². The smallest absolute Gasteiger partial charge is 0.211 e. The molecule has 1 aromatic heterocycles. The van der Waals surface area contributed by atoms with E-state index in [0.29, 0.717) is 6.54 Å².